The number of alkyl halides is 1. The molecule has 0 aromatic carbocycles. The van der Waals surface area contributed by atoms with Gasteiger partial charge in [0.05, 0.1) is 0 Å². The van der Waals surface area contributed by atoms with Crippen molar-refractivity contribution >= 4 is 28.5 Å². The maximum atomic E-state index is 11.6. The van der Waals surface area contributed by atoms with Gasteiger partial charge >= 0.3 is 0 Å². The van der Waals surface area contributed by atoms with E-state index < -0.39 is 0 Å². The number of halogens is 1. The van der Waals surface area contributed by atoms with Gasteiger partial charge in [0.1, 0.15) is 0 Å². The number of unbranched alkanes of at least 4 members (excludes halogenated alkanes) is 2. The van der Waals surface area contributed by atoms with Gasteiger partial charge in [-0.25, -0.2) is 0 Å². The molecule has 4 heteroatoms. The first kappa shape index (κ1) is 19.2. The van der Waals surface area contributed by atoms with E-state index in [-0.39, 0.29) is 11.8 Å². The van der Waals surface area contributed by atoms with Gasteiger partial charge in [-0.1, -0.05) is 49.8 Å². The minimum atomic E-state index is 0.118. The van der Waals surface area contributed by atoms with Gasteiger partial charge in [-0.3, -0.25) is 4.79 Å². The Labute approximate surface area is 133 Å². The zero-order chi connectivity index (χ0) is 14.7. The van der Waals surface area contributed by atoms with Gasteiger partial charge in [0, 0.05) is 23.4 Å². The number of carbonyl (C=O) groups is 1. The van der Waals surface area contributed by atoms with Crippen LogP contribution in [0.1, 0.15) is 52.9 Å². The Balaban J connectivity index is 3.29. The molecule has 0 bridgehead atoms. The summed E-state index contributed by atoms with van der Waals surface area (Å²) in [6, 6.07) is 0. The molecule has 1 unspecified atom stereocenters. The SMILES string of the molecule is CC(I)CCCNCCCCCN(C)C(=O)C(C)C. The molecule has 1 amide bonds. The second kappa shape index (κ2) is 11.9. The van der Waals surface area contributed by atoms with Gasteiger partial charge in [0.2, 0.25) is 5.91 Å². The summed E-state index contributed by atoms with van der Waals surface area (Å²) >= 11 is 2.48. The minimum Gasteiger partial charge on any atom is -0.346 e. The topological polar surface area (TPSA) is 32.3 Å². The minimum absolute atomic E-state index is 0.118. The maximum Gasteiger partial charge on any atom is 0.224 e. The van der Waals surface area contributed by atoms with Crippen molar-refractivity contribution in [2.24, 2.45) is 5.92 Å². The molecule has 0 fully saturated rings. The lowest BCUT2D eigenvalue weighted by Crippen LogP contribution is -2.31. The largest absolute Gasteiger partial charge is 0.346 e. The average molecular weight is 382 g/mol. The molecular weight excluding hydrogens is 351 g/mol. The van der Waals surface area contributed by atoms with E-state index in [0.29, 0.717) is 0 Å². The van der Waals surface area contributed by atoms with Crippen molar-refractivity contribution in [2.45, 2.75) is 56.8 Å². The van der Waals surface area contributed by atoms with Crippen LogP contribution in [-0.4, -0.2) is 41.4 Å². The fourth-order valence-corrected chi connectivity index (χ4v) is 2.40. The summed E-state index contributed by atoms with van der Waals surface area (Å²) in [5, 5.41) is 3.49. The summed E-state index contributed by atoms with van der Waals surface area (Å²) < 4.78 is 0.786. The van der Waals surface area contributed by atoms with Crippen LogP contribution in [0.25, 0.3) is 0 Å². The van der Waals surface area contributed by atoms with Crippen LogP contribution in [0.2, 0.25) is 0 Å². The van der Waals surface area contributed by atoms with E-state index in [1.807, 2.05) is 25.8 Å². The molecule has 1 N–H and O–H groups in total. The Bertz CT molecular complexity index is 232. The van der Waals surface area contributed by atoms with Gasteiger partial charge in [0.25, 0.3) is 0 Å². The number of nitrogens with zero attached hydrogens (tertiary/aromatic N) is 1. The predicted octanol–water partition coefficient (Wildman–Crippen LogP) is 3.46. The first-order valence-corrected chi connectivity index (χ1v) is 8.79. The molecule has 0 aliphatic heterocycles. The normalized spacial score (nSPS) is 12.7. The smallest absolute Gasteiger partial charge is 0.224 e. The molecule has 19 heavy (non-hydrogen) atoms. The van der Waals surface area contributed by atoms with E-state index in [1.54, 1.807) is 0 Å². The van der Waals surface area contributed by atoms with Crippen LogP contribution in [0.4, 0.5) is 0 Å². The monoisotopic (exact) mass is 382 g/mol. The number of carbonyl (C=O) groups excluding carboxylic acids is 1. The fraction of sp³-hybridized carbons (Fsp3) is 0.933. The number of hydrogen-bond donors (Lipinski definition) is 1. The van der Waals surface area contributed by atoms with Gasteiger partial charge in [-0.05, 0) is 38.8 Å². The van der Waals surface area contributed by atoms with Crippen molar-refractivity contribution < 1.29 is 4.79 Å². The summed E-state index contributed by atoms with van der Waals surface area (Å²) in [4.78, 5) is 13.5. The first-order valence-electron chi connectivity index (χ1n) is 7.55. The van der Waals surface area contributed by atoms with Crippen molar-refractivity contribution in [2.75, 3.05) is 26.7 Å². The van der Waals surface area contributed by atoms with Gasteiger partial charge in [-0.2, -0.15) is 0 Å². The Morgan fingerprint density at radius 1 is 1.11 bits per heavy atom. The lowest BCUT2D eigenvalue weighted by molar-refractivity contribution is -0.133. The van der Waals surface area contributed by atoms with Crippen molar-refractivity contribution in [1.29, 1.82) is 0 Å². The molecule has 0 radical (unpaired) electrons. The van der Waals surface area contributed by atoms with Crippen LogP contribution >= 0.6 is 22.6 Å². The molecular formula is C15H31IN2O. The fourth-order valence-electron chi connectivity index (χ4n) is 1.96. The highest BCUT2D eigenvalue weighted by Crippen LogP contribution is 2.06. The molecule has 0 saturated carbocycles. The number of rotatable bonds is 11. The molecule has 0 aliphatic rings. The molecule has 1 atom stereocenters. The van der Waals surface area contributed by atoms with Gasteiger partial charge in [-0.15, -0.1) is 0 Å². The van der Waals surface area contributed by atoms with E-state index in [1.165, 1.54) is 25.7 Å². The summed E-state index contributed by atoms with van der Waals surface area (Å²) in [7, 11) is 1.91. The van der Waals surface area contributed by atoms with E-state index in [0.717, 1.165) is 30.0 Å². The molecule has 0 rings (SSSR count). The van der Waals surface area contributed by atoms with Crippen LogP contribution in [0.3, 0.4) is 0 Å². The molecule has 3 nitrogen and oxygen atoms in total. The Morgan fingerprint density at radius 3 is 2.32 bits per heavy atom. The predicted molar refractivity (Wildman–Crippen MR) is 91.9 cm³/mol. The molecule has 0 aromatic rings. The van der Waals surface area contributed by atoms with Crippen LogP contribution in [0.15, 0.2) is 0 Å². The zero-order valence-corrected chi connectivity index (χ0v) is 15.2. The number of nitrogens with one attached hydrogen (secondary N) is 1. The van der Waals surface area contributed by atoms with Crippen LogP contribution < -0.4 is 5.32 Å². The Hall–Kier alpha value is 0.160. The van der Waals surface area contributed by atoms with E-state index in [9.17, 15) is 4.79 Å². The highest BCUT2D eigenvalue weighted by Gasteiger charge is 2.11. The highest BCUT2D eigenvalue weighted by atomic mass is 127. The molecule has 0 spiro atoms. The van der Waals surface area contributed by atoms with Crippen molar-refractivity contribution in [1.82, 2.24) is 10.2 Å². The lowest BCUT2D eigenvalue weighted by Gasteiger charge is -2.19. The molecule has 0 aromatic heterocycles. The number of amides is 1. The van der Waals surface area contributed by atoms with Crippen molar-refractivity contribution in [3.05, 3.63) is 0 Å². The third-order valence-corrected chi connectivity index (χ3v) is 3.80. The van der Waals surface area contributed by atoms with Crippen LogP contribution in [0, 0.1) is 5.92 Å². The third-order valence-electron chi connectivity index (χ3n) is 3.17. The molecule has 0 heterocycles. The van der Waals surface area contributed by atoms with Crippen molar-refractivity contribution in [3.8, 4) is 0 Å². The lowest BCUT2D eigenvalue weighted by atomic mass is 10.1. The van der Waals surface area contributed by atoms with E-state index >= 15 is 0 Å². The Kier molecular flexibility index (Phi) is 12.0. The van der Waals surface area contributed by atoms with Crippen LogP contribution in [-0.2, 0) is 4.79 Å². The second-order valence-corrected chi connectivity index (χ2v) is 7.77. The first-order chi connectivity index (χ1) is 8.95. The van der Waals surface area contributed by atoms with Gasteiger partial charge in [0.15, 0.2) is 0 Å². The van der Waals surface area contributed by atoms with E-state index in [4.69, 9.17) is 0 Å². The standard InChI is InChI=1S/C15H31IN2O/c1-13(2)15(19)18(4)12-7-5-6-10-17-11-8-9-14(3)16/h13-14,17H,5-12H2,1-4H3. The third kappa shape index (κ3) is 11.7. The Morgan fingerprint density at radius 2 is 1.74 bits per heavy atom. The summed E-state index contributed by atoms with van der Waals surface area (Å²) in [6.45, 7) is 9.31. The number of hydrogen-bond acceptors (Lipinski definition) is 2. The quantitative estimate of drug-likeness (QED) is 0.337. The zero-order valence-electron chi connectivity index (χ0n) is 13.0. The summed E-state index contributed by atoms with van der Waals surface area (Å²) in [5.41, 5.74) is 0. The molecule has 0 saturated heterocycles. The van der Waals surface area contributed by atoms with Gasteiger partial charge < -0.3 is 10.2 Å². The van der Waals surface area contributed by atoms with E-state index in [2.05, 4.69) is 34.8 Å². The summed E-state index contributed by atoms with van der Waals surface area (Å²) in [6.07, 6.45) is 6.10. The average Bonchev–Trinajstić information content (AvgIpc) is 2.35. The molecule has 114 valence electrons. The maximum absolute atomic E-state index is 11.6. The second-order valence-electron chi connectivity index (χ2n) is 5.65. The molecule has 0 aliphatic carbocycles. The van der Waals surface area contributed by atoms with Crippen molar-refractivity contribution in [3.63, 3.8) is 0 Å². The summed E-state index contributed by atoms with van der Waals surface area (Å²) in [5.74, 6) is 0.373. The van der Waals surface area contributed by atoms with Crippen LogP contribution in [0.5, 0.6) is 0 Å². The highest BCUT2D eigenvalue weighted by molar-refractivity contribution is 14.1.